The Morgan fingerprint density at radius 2 is 1.67 bits per heavy atom. The minimum atomic E-state index is -3.89. The van der Waals surface area contributed by atoms with Crippen LogP contribution in [0.4, 0.5) is 0 Å². The van der Waals surface area contributed by atoms with E-state index in [1.165, 1.54) is 64.2 Å². The van der Waals surface area contributed by atoms with Crippen LogP contribution in [0.25, 0.3) is 0 Å². The van der Waals surface area contributed by atoms with Gasteiger partial charge in [-0.3, -0.25) is 9.35 Å². The fourth-order valence-corrected chi connectivity index (χ4v) is 10.9. The van der Waals surface area contributed by atoms with E-state index < -0.39 is 10.1 Å². The number of hydrogen-bond acceptors (Lipinski definition) is 3. The summed E-state index contributed by atoms with van der Waals surface area (Å²) in [5.41, 5.74) is 1.08. The van der Waals surface area contributed by atoms with Gasteiger partial charge in [-0.2, -0.15) is 8.42 Å². The number of nitrogens with one attached hydrogen (secondary N) is 1. The normalized spacial score (nSPS) is 37.4. The largest absolute Gasteiger partial charge is 0.356 e. The van der Waals surface area contributed by atoms with Crippen molar-refractivity contribution in [2.24, 2.45) is 46.3 Å². The summed E-state index contributed by atoms with van der Waals surface area (Å²) < 4.78 is 31.5. The van der Waals surface area contributed by atoms with Crippen LogP contribution < -0.4 is 5.32 Å². The van der Waals surface area contributed by atoms with Crippen LogP contribution in [-0.2, 0) is 14.9 Å². The number of nitrogens with zero attached hydrogens (tertiary/aromatic N) is 1. The minimum absolute atomic E-state index is 0.172. The van der Waals surface area contributed by atoms with Crippen LogP contribution in [0.15, 0.2) is 0 Å². The van der Waals surface area contributed by atoms with Gasteiger partial charge in [0.05, 0.1) is 32.9 Å². The molecule has 7 heteroatoms. The summed E-state index contributed by atoms with van der Waals surface area (Å²) in [6, 6.07) is 0. The van der Waals surface area contributed by atoms with Crippen molar-refractivity contribution < 1.29 is 22.2 Å². The maximum Gasteiger partial charge on any atom is 0.265 e. The van der Waals surface area contributed by atoms with Gasteiger partial charge in [-0.05, 0) is 104 Å². The predicted molar refractivity (Wildman–Crippen MR) is 159 cm³/mol. The zero-order valence-corrected chi connectivity index (χ0v) is 26.5. The Kier molecular flexibility index (Phi) is 9.86. The standard InChI is InChI=1S/C32H58N2O4S/c1-24(11-16-30(35)33-20-8-21-34(4,5)22-9-23-39(36,37)38)27-14-15-28-26-13-12-25-10-6-7-18-31(25,2)29(26)17-19-32(27,28)3/h24-29H,6-23H2,1-5H3,(H-,33,35,36,37,38)/p+1/t24-,25-,26+,27-,28+,29+,31+,32-/m1/s1. The van der Waals surface area contributed by atoms with Crippen molar-refractivity contribution in [1.82, 2.24) is 5.32 Å². The minimum Gasteiger partial charge on any atom is -0.356 e. The average Bonchev–Trinajstić information content (AvgIpc) is 3.21. The van der Waals surface area contributed by atoms with Crippen molar-refractivity contribution in [2.45, 2.75) is 111 Å². The molecule has 0 aromatic rings. The maximum absolute atomic E-state index is 12.7. The number of amides is 1. The fourth-order valence-electron chi connectivity index (χ4n) is 10.4. The third-order valence-electron chi connectivity index (χ3n) is 12.6. The summed E-state index contributed by atoms with van der Waals surface area (Å²) in [7, 11) is 0.241. The number of quaternary nitrogens is 1. The van der Waals surface area contributed by atoms with Gasteiger partial charge in [0.15, 0.2) is 0 Å². The summed E-state index contributed by atoms with van der Waals surface area (Å²) in [6.07, 6.45) is 17.4. The smallest absolute Gasteiger partial charge is 0.265 e. The van der Waals surface area contributed by atoms with Gasteiger partial charge in [-0.25, -0.2) is 0 Å². The predicted octanol–water partition coefficient (Wildman–Crippen LogP) is 6.31. The Morgan fingerprint density at radius 3 is 2.41 bits per heavy atom. The highest BCUT2D eigenvalue weighted by Gasteiger charge is 2.60. The Hall–Kier alpha value is -0.660. The topological polar surface area (TPSA) is 83.5 Å². The highest BCUT2D eigenvalue weighted by Crippen LogP contribution is 2.68. The molecule has 0 radical (unpaired) electrons. The van der Waals surface area contributed by atoms with E-state index in [0.29, 0.717) is 47.2 Å². The number of rotatable bonds is 12. The molecule has 0 unspecified atom stereocenters. The Balaban J connectivity index is 1.20. The molecule has 2 N–H and O–H groups in total. The molecule has 0 saturated heterocycles. The summed E-state index contributed by atoms with van der Waals surface area (Å²) >= 11 is 0. The Morgan fingerprint density at radius 1 is 0.949 bits per heavy atom. The van der Waals surface area contributed by atoms with Crippen LogP contribution in [0, 0.1) is 46.3 Å². The van der Waals surface area contributed by atoms with Gasteiger partial charge >= 0.3 is 0 Å². The molecule has 4 rings (SSSR count). The number of carbonyl (C=O) groups is 1. The molecule has 4 aliphatic rings. The highest BCUT2D eigenvalue weighted by molar-refractivity contribution is 7.85. The monoisotopic (exact) mass is 567 g/mol. The molecule has 1 amide bonds. The van der Waals surface area contributed by atoms with Crippen molar-refractivity contribution >= 4 is 16.0 Å². The summed E-state index contributed by atoms with van der Waals surface area (Å²) in [5.74, 6) is 5.13. The van der Waals surface area contributed by atoms with Crippen molar-refractivity contribution in [3.8, 4) is 0 Å². The van der Waals surface area contributed by atoms with Gasteiger partial charge in [0.2, 0.25) is 5.91 Å². The van der Waals surface area contributed by atoms with Crippen molar-refractivity contribution in [1.29, 1.82) is 0 Å². The zero-order valence-electron chi connectivity index (χ0n) is 25.7. The molecule has 4 fully saturated rings. The zero-order chi connectivity index (χ0) is 28.5. The quantitative estimate of drug-likeness (QED) is 0.164. The molecule has 0 spiro atoms. The van der Waals surface area contributed by atoms with Gasteiger partial charge in [0, 0.05) is 25.8 Å². The van der Waals surface area contributed by atoms with Crippen LogP contribution in [0.3, 0.4) is 0 Å². The molecule has 0 aromatic carbocycles. The second-order valence-electron chi connectivity index (χ2n) is 15.4. The lowest BCUT2D eigenvalue weighted by Crippen LogP contribution is -2.53. The van der Waals surface area contributed by atoms with E-state index in [1.54, 1.807) is 0 Å². The summed E-state index contributed by atoms with van der Waals surface area (Å²) in [6.45, 7) is 9.95. The molecule has 0 heterocycles. The SMILES string of the molecule is C[C@H](CCC(=O)NCCC[N+](C)(C)CCCS(=O)(=O)O)[C@H]1CC[C@H]2[C@@H]3CC[C@H]4CCCC[C@]4(C)[C@H]3CC[C@]12C. The maximum atomic E-state index is 12.7. The first-order chi connectivity index (χ1) is 18.3. The molecule has 4 aliphatic carbocycles. The number of fused-ring (bicyclic) bond motifs is 5. The van der Waals surface area contributed by atoms with E-state index in [-0.39, 0.29) is 11.7 Å². The average molecular weight is 568 g/mol. The second kappa shape index (κ2) is 12.3. The van der Waals surface area contributed by atoms with Crippen molar-refractivity contribution in [3.63, 3.8) is 0 Å². The van der Waals surface area contributed by atoms with Crippen LogP contribution >= 0.6 is 0 Å². The molecule has 6 nitrogen and oxygen atoms in total. The van der Waals surface area contributed by atoms with Crippen LogP contribution in [-0.4, -0.2) is 62.8 Å². The molecule has 226 valence electrons. The third kappa shape index (κ3) is 7.23. The van der Waals surface area contributed by atoms with Gasteiger partial charge < -0.3 is 9.80 Å². The van der Waals surface area contributed by atoms with E-state index in [9.17, 15) is 13.2 Å². The van der Waals surface area contributed by atoms with Gasteiger partial charge in [-0.1, -0.05) is 33.6 Å². The Labute approximate surface area is 239 Å². The van der Waals surface area contributed by atoms with Crippen molar-refractivity contribution in [3.05, 3.63) is 0 Å². The molecule has 0 aromatic heterocycles. The molecule has 0 aliphatic heterocycles. The van der Waals surface area contributed by atoms with Crippen LogP contribution in [0.2, 0.25) is 0 Å². The Bertz CT molecular complexity index is 952. The lowest BCUT2D eigenvalue weighted by atomic mass is 9.44. The van der Waals surface area contributed by atoms with Crippen molar-refractivity contribution in [2.75, 3.05) is 39.5 Å². The summed E-state index contributed by atoms with van der Waals surface area (Å²) in [5, 5.41) is 3.13. The number of hydrogen-bond donors (Lipinski definition) is 2. The van der Waals surface area contributed by atoms with Gasteiger partial charge in [0.25, 0.3) is 10.1 Å². The first kappa shape index (κ1) is 31.3. The van der Waals surface area contributed by atoms with E-state index in [4.69, 9.17) is 4.55 Å². The van der Waals surface area contributed by atoms with Gasteiger partial charge in [0.1, 0.15) is 0 Å². The molecular formula is C32H59N2O4S+. The molecular weight excluding hydrogens is 508 g/mol. The first-order valence-electron chi connectivity index (χ1n) is 16.3. The van der Waals surface area contributed by atoms with E-state index in [0.717, 1.165) is 49.0 Å². The number of carbonyl (C=O) groups excluding carboxylic acids is 1. The molecule has 4 saturated carbocycles. The van der Waals surface area contributed by atoms with E-state index >= 15 is 0 Å². The highest BCUT2D eigenvalue weighted by atomic mass is 32.2. The van der Waals surface area contributed by atoms with Crippen LogP contribution in [0.5, 0.6) is 0 Å². The third-order valence-corrected chi connectivity index (χ3v) is 13.4. The summed E-state index contributed by atoms with van der Waals surface area (Å²) in [4.78, 5) is 12.7. The fraction of sp³-hybridized carbons (Fsp3) is 0.969. The molecule has 0 bridgehead atoms. The van der Waals surface area contributed by atoms with E-state index in [2.05, 4.69) is 40.2 Å². The van der Waals surface area contributed by atoms with Gasteiger partial charge in [-0.15, -0.1) is 0 Å². The molecule has 8 atom stereocenters. The lowest BCUT2D eigenvalue weighted by Gasteiger charge is -2.61. The van der Waals surface area contributed by atoms with E-state index in [1.807, 2.05) is 0 Å². The lowest BCUT2D eigenvalue weighted by molar-refractivity contribution is -0.890. The van der Waals surface area contributed by atoms with Crippen LogP contribution in [0.1, 0.15) is 111 Å². The second-order valence-corrected chi connectivity index (χ2v) is 16.9. The molecule has 39 heavy (non-hydrogen) atoms. The first-order valence-corrected chi connectivity index (χ1v) is 17.9.